The Balaban J connectivity index is 1.33. The summed E-state index contributed by atoms with van der Waals surface area (Å²) in [5.74, 6) is 0. The molecule has 0 amide bonds. The molecule has 1 aliphatic heterocycles. The molecule has 11 rings (SSSR count). The van der Waals surface area contributed by atoms with E-state index in [-0.39, 0.29) is 83.6 Å². The molecule has 1 heterocycles. The Morgan fingerprint density at radius 3 is 0.684 bits per heavy atom. The largest absolute Gasteiger partial charge is 0.417 e. The summed E-state index contributed by atoms with van der Waals surface area (Å²) in [5, 5.41) is -1.36. The summed E-state index contributed by atoms with van der Waals surface area (Å²) in [7, 11) is -12.2. The Kier molecular flexibility index (Phi) is 15.8. The van der Waals surface area contributed by atoms with Gasteiger partial charge in [0.1, 0.15) is 0 Å². The third-order valence-electron chi connectivity index (χ3n) is 15.4. The lowest BCUT2D eigenvalue weighted by Crippen LogP contribution is -2.30. The van der Waals surface area contributed by atoms with E-state index in [1.165, 1.54) is 28.4 Å². The van der Waals surface area contributed by atoms with Crippen molar-refractivity contribution >= 4 is 41.6 Å². The van der Waals surface area contributed by atoms with Gasteiger partial charge in [0.15, 0.2) is 0 Å². The molecule has 0 spiro atoms. The normalized spacial score (nSPS) is 14.8. The molecule has 0 fully saturated rings. The van der Waals surface area contributed by atoms with Crippen molar-refractivity contribution in [2.45, 2.75) is 59.2 Å². The smallest absolute Gasteiger partial charge is 0.206 e. The van der Waals surface area contributed by atoms with Gasteiger partial charge in [-0.1, -0.05) is 48.5 Å². The van der Waals surface area contributed by atoms with E-state index >= 15 is 69.5 Å². The molecule has 10 aromatic rings. The molecule has 0 aromatic heterocycles. The zero-order chi connectivity index (χ0) is 69.7. The third-order valence-corrected chi connectivity index (χ3v) is 19.0. The third kappa shape index (κ3) is 12.6. The fourth-order valence-corrected chi connectivity index (χ4v) is 15.1. The summed E-state index contributed by atoms with van der Waals surface area (Å²) in [5.41, 5.74) is -31.9. The highest BCUT2D eigenvalue weighted by molar-refractivity contribution is 8.05. The number of fused-ring (bicyclic) bond motifs is 7. The summed E-state index contributed by atoms with van der Waals surface area (Å²) >= 11 is 0. The van der Waals surface area contributed by atoms with Crippen molar-refractivity contribution in [2.24, 2.45) is 0 Å². The van der Waals surface area contributed by atoms with Gasteiger partial charge in [-0.15, -0.1) is 4.13 Å². The highest BCUT2D eigenvalue weighted by atomic mass is 32.3. The highest BCUT2D eigenvalue weighted by Crippen LogP contribution is 2.55. The number of sulfonamides is 2. The zero-order valence-electron chi connectivity index (χ0n) is 46.2. The van der Waals surface area contributed by atoms with Crippen molar-refractivity contribution in [3.63, 3.8) is 0 Å². The summed E-state index contributed by atoms with van der Waals surface area (Å²) < 4.78 is 418. The first-order chi connectivity index (χ1) is 43.6. The lowest BCUT2D eigenvalue weighted by Gasteiger charge is -2.22. The predicted octanol–water partition coefficient (Wildman–Crippen LogP) is 21.8. The maximum Gasteiger partial charge on any atom is 0.417 e. The molecular formula is C64H29F24NO4S2. The van der Waals surface area contributed by atoms with Gasteiger partial charge in [-0.05, 0) is 199 Å². The maximum absolute atomic E-state index is 15.5. The molecule has 0 unspecified atom stereocenters. The summed E-state index contributed by atoms with van der Waals surface area (Å²) in [6.07, 6.45) is -44.7. The molecule has 31 heteroatoms. The van der Waals surface area contributed by atoms with E-state index in [1.54, 1.807) is 0 Å². The molecule has 1 N–H and O–H groups in total. The molecule has 0 aliphatic carbocycles. The van der Waals surface area contributed by atoms with Crippen molar-refractivity contribution in [3.05, 3.63) is 214 Å². The first-order valence-electron chi connectivity index (χ1n) is 26.5. The minimum Gasteiger partial charge on any atom is -0.206 e. The Morgan fingerprint density at radius 1 is 0.242 bits per heavy atom. The van der Waals surface area contributed by atoms with Gasteiger partial charge < -0.3 is 0 Å². The Bertz CT molecular complexity index is 4570. The van der Waals surface area contributed by atoms with Gasteiger partial charge in [0, 0.05) is 22.3 Å². The lowest BCUT2D eigenvalue weighted by atomic mass is 9.85. The van der Waals surface area contributed by atoms with Crippen LogP contribution in [0.4, 0.5) is 105 Å². The van der Waals surface area contributed by atoms with Crippen molar-refractivity contribution in [3.8, 4) is 77.9 Å². The number of halogens is 24. The Hall–Kier alpha value is -9.10. The van der Waals surface area contributed by atoms with Crippen LogP contribution in [0.5, 0.6) is 0 Å². The second kappa shape index (κ2) is 22.2. The van der Waals surface area contributed by atoms with Crippen molar-refractivity contribution < 1.29 is 122 Å². The van der Waals surface area contributed by atoms with E-state index in [9.17, 15) is 52.7 Å². The second-order valence-corrected chi connectivity index (χ2v) is 24.9. The average Bonchev–Trinajstić information content (AvgIpc) is 1.63. The summed E-state index contributed by atoms with van der Waals surface area (Å²) in [4.78, 5) is -2.73. The molecule has 10 aromatic carbocycles. The molecule has 0 radical (unpaired) electrons. The molecular weight excluding hydrogens is 1370 g/mol. The SMILES string of the molecule is O=S1(=O)NS(=O)(=O)c2c(-c3cc(-c4cc(C(F)(F)F)ccc4C(F)(F)F)cc(-c4cc(C(F)(F)F)ccc4C(F)(F)F)c3)cc3ccccc3c2-c2c1c(-c1cc(-c3cc(C(F)(F)F)ccc3C(F)(F)F)cc(-c3cc(C(F)(F)F)ccc3C(F)(F)F)c1)cc1ccccc21. The average molecular weight is 1400 g/mol. The van der Waals surface area contributed by atoms with Crippen LogP contribution in [0, 0.1) is 0 Å². The number of hydrogen-bond acceptors (Lipinski definition) is 4. The minimum atomic E-state index is -6.10. The number of benzene rings is 10. The topological polar surface area (TPSA) is 80.3 Å². The van der Waals surface area contributed by atoms with Gasteiger partial charge in [-0.2, -0.15) is 105 Å². The van der Waals surface area contributed by atoms with Crippen molar-refractivity contribution in [1.29, 1.82) is 0 Å². The van der Waals surface area contributed by atoms with Gasteiger partial charge >= 0.3 is 49.4 Å². The van der Waals surface area contributed by atoms with E-state index in [2.05, 4.69) is 0 Å². The molecule has 0 atom stereocenters. The van der Waals surface area contributed by atoms with Crippen molar-refractivity contribution in [2.75, 3.05) is 0 Å². The number of hydrogen-bond donors (Lipinski definition) is 1. The van der Waals surface area contributed by atoms with Crippen LogP contribution < -0.4 is 4.13 Å². The van der Waals surface area contributed by atoms with Crippen LogP contribution in [0.1, 0.15) is 44.5 Å². The van der Waals surface area contributed by atoms with E-state index < -0.39 is 212 Å². The van der Waals surface area contributed by atoms with Gasteiger partial charge in [-0.3, -0.25) is 0 Å². The van der Waals surface area contributed by atoms with Crippen LogP contribution in [0.15, 0.2) is 180 Å². The number of nitrogens with one attached hydrogen (secondary N) is 1. The predicted molar refractivity (Wildman–Crippen MR) is 297 cm³/mol. The van der Waals surface area contributed by atoms with E-state index in [0.29, 0.717) is 36.4 Å². The first-order valence-corrected chi connectivity index (χ1v) is 29.5. The number of rotatable bonds is 6. The lowest BCUT2D eigenvalue weighted by molar-refractivity contribution is -0.141. The summed E-state index contributed by atoms with van der Waals surface area (Å²) in [6.45, 7) is 0. The van der Waals surface area contributed by atoms with E-state index in [0.717, 1.165) is 36.4 Å². The van der Waals surface area contributed by atoms with Crippen LogP contribution >= 0.6 is 0 Å². The van der Waals surface area contributed by atoms with E-state index in [4.69, 9.17) is 0 Å². The Labute approximate surface area is 517 Å². The number of alkyl halides is 24. The van der Waals surface area contributed by atoms with Crippen molar-refractivity contribution in [1.82, 2.24) is 4.13 Å². The summed E-state index contributed by atoms with van der Waals surface area (Å²) in [6, 6.07) is 12.3. The minimum absolute atomic E-state index is 0.0448. The molecule has 0 bridgehead atoms. The first kappa shape index (κ1) is 67.3. The Morgan fingerprint density at radius 2 is 0.463 bits per heavy atom. The van der Waals surface area contributed by atoms with Crippen LogP contribution in [-0.4, -0.2) is 16.8 Å². The van der Waals surface area contributed by atoms with Gasteiger partial charge in [0.25, 0.3) is 20.0 Å². The fourth-order valence-electron chi connectivity index (χ4n) is 11.4. The van der Waals surface area contributed by atoms with E-state index in [1.807, 2.05) is 0 Å². The monoisotopic (exact) mass is 1400 g/mol. The quantitative estimate of drug-likeness (QED) is 0.168. The fraction of sp³-hybridized carbons (Fsp3) is 0.125. The molecule has 0 saturated carbocycles. The standard InChI is InChI=1S/C64H29F24NO4S2/c65-57(66,67)37-9-13-49(61(77,78)79)43(25-37)31-17-32(44-26-38(58(68,69)70)10-14-50(44)62(80,81)82)20-35(19-31)47-23-29-5-1-3-7-41(29)53-54-42-8-4-2-6-30(42)24-48(56(54)95(92,93)89-94(90,91)55(47)53)36-21-33(45-27-39(59(71,72)73)11-15-51(45)63(83,84)85)18-34(22-36)46-28-40(60(74,75)76)12-16-52(46)64(86,87)88/h1-28,89H. The second-order valence-electron chi connectivity index (χ2n) is 21.4. The highest BCUT2D eigenvalue weighted by Gasteiger charge is 2.45. The van der Waals surface area contributed by atoms with Crippen LogP contribution in [-0.2, 0) is 69.5 Å². The molecule has 5 nitrogen and oxygen atoms in total. The molecule has 1 aliphatic rings. The van der Waals surface area contributed by atoms with Crippen LogP contribution in [0.25, 0.3) is 99.4 Å². The molecule has 95 heavy (non-hydrogen) atoms. The van der Waals surface area contributed by atoms with Crippen LogP contribution in [0.2, 0.25) is 0 Å². The maximum atomic E-state index is 15.5. The van der Waals surface area contributed by atoms with Gasteiger partial charge in [0.2, 0.25) is 0 Å². The van der Waals surface area contributed by atoms with Crippen LogP contribution in [0.3, 0.4) is 0 Å². The zero-order valence-corrected chi connectivity index (χ0v) is 47.8. The molecule has 494 valence electrons. The van der Waals surface area contributed by atoms with Gasteiger partial charge in [-0.25, -0.2) is 16.8 Å². The molecule has 0 saturated heterocycles. The van der Waals surface area contributed by atoms with Gasteiger partial charge in [0.05, 0.1) is 54.3 Å².